The van der Waals surface area contributed by atoms with Gasteiger partial charge in [0, 0.05) is 18.0 Å². The fourth-order valence-electron chi connectivity index (χ4n) is 4.89. The van der Waals surface area contributed by atoms with E-state index in [-0.39, 0.29) is 36.3 Å². The van der Waals surface area contributed by atoms with Gasteiger partial charge in [-0.25, -0.2) is 0 Å². The van der Waals surface area contributed by atoms with E-state index in [0.717, 1.165) is 50.8 Å². The number of carbonyl (C=O) groups is 3. The van der Waals surface area contributed by atoms with E-state index in [2.05, 4.69) is 10.6 Å². The van der Waals surface area contributed by atoms with Crippen molar-refractivity contribution in [1.29, 1.82) is 0 Å². The number of benzene rings is 1. The molecule has 32 heavy (non-hydrogen) atoms. The van der Waals surface area contributed by atoms with Crippen molar-refractivity contribution in [3.8, 4) is 0 Å². The number of halogens is 1. The van der Waals surface area contributed by atoms with Gasteiger partial charge in [0.15, 0.2) is 0 Å². The number of nitrogens with one attached hydrogen (secondary N) is 2. The maximum absolute atomic E-state index is 12.7. The zero-order chi connectivity index (χ0) is 22.3. The van der Waals surface area contributed by atoms with Crippen LogP contribution in [0, 0.1) is 5.92 Å². The molecule has 3 rings (SSSR count). The molecule has 0 spiro atoms. The smallest absolute Gasteiger partial charge is 0.316 e. The van der Waals surface area contributed by atoms with E-state index in [1.807, 2.05) is 12.1 Å². The number of esters is 2. The molecule has 7 nitrogen and oxygen atoms in total. The summed E-state index contributed by atoms with van der Waals surface area (Å²) in [5.74, 6) is 0.0699. The molecule has 1 aliphatic heterocycles. The summed E-state index contributed by atoms with van der Waals surface area (Å²) in [5, 5.41) is 6.43. The molecule has 178 valence electrons. The van der Waals surface area contributed by atoms with Gasteiger partial charge < -0.3 is 20.1 Å². The van der Waals surface area contributed by atoms with Crippen LogP contribution in [0.4, 0.5) is 0 Å². The van der Waals surface area contributed by atoms with Gasteiger partial charge in [0.2, 0.25) is 0 Å². The maximum atomic E-state index is 12.7. The molecule has 0 aromatic heterocycles. The maximum Gasteiger partial charge on any atom is 0.316 e. The van der Waals surface area contributed by atoms with Crippen molar-refractivity contribution in [2.24, 2.45) is 5.92 Å². The van der Waals surface area contributed by atoms with Crippen molar-refractivity contribution in [2.45, 2.75) is 62.8 Å². The number of carbonyl (C=O) groups excluding carboxylic acids is 3. The van der Waals surface area contributed by atoms with E-state index >= 15 is 0 Å². The van der Waals surface area contributed by atoms with Crippen LogP contribution in [-0.2, 0) is 24.5 Å². The normalized spacial score (nSPS) is 22.2. The molecule has 1 aromatic rings. The Morgan fingerprint density at radius 3 is 2.19 bits per heavy atom. The topological polar surface area (TPSA) is 93.7 Å². The molecular formula is C24H35ClN2O5. The van der Waals surface area contributed by atoms with Gasteiger partial charge in [-0.15, -0.1) is 12.4 Å². The molecule has 1 amide bonds. The standard InChI is InChI=1S/C24H34N2O5.ClH/c1-30-21(27)12-5-17-3-10-20(11-4-17)26-22(28)18-6-8-19(9-7-18)24(23(29)31-2)13-15-25-16-14-24;/h6-9,17,20,25H,3-5,10-16H2,1-2H3,(H,26,28);1H. The van der Waals surface area contributed by atoms with E-state index in [4.69, 9.17) is 9.47 Å². The lowest BCUT2D eigenvalue weighted by molar-refractivity contribution is -0.148. The first-order chi connectivity index (χ1) is 15.0. The summed E-state index contributed by atoms with van der Waals surface area (Å²) in [6.45, 7) is 1.53. The number of methoxy groups -OCH3 is 2. The Labute approximate surface area is 196 Å². The van der Waals surface area contributed by atoms with Crippen LogP contribution >= 0.6 is 12.4 Å². The summed E-state index contributed by atoms with van der Waals surface area (Å²) in [4.78, 5) is 36.6. The molecule has 0 unspecified atom stereocenters. The lowest BCUT2D eigenvalue weighted by Crippen LogP contribution is -2.46. The second-order valence-electron chi connectivity index (χ2n) is 8.71. The van der Waals surface area contributed by atoms with Gasteiger partial charge in [0.1, 0.15) is 0 Å². The van der Waals surface area contributed by atoms with Gasteiger partial charge in [-0.3, -0.25) is 14.4 Å². The number of piperidine rings is 1. The molecule has 0 atom stereocenters. The predicted molar refractivity (Wildman–Crippen MR) is 124 cm³/mol. The van der Waals surface area contributed by atoms with Crippen LogP contribution in [0.1, 0.15) is 67.3 Å². The molecule has 0 radical (unpaired) electrons. The first-order valence-corrected chi connectivity index (χ1v) is 11.3. The SMILES string of the molecule is COC(=O)CCC1CCC(NC(=O)c2ccc(C3(C(=O)OC)CCNCC3)cc2)CC1.Cl. The Kier molecular flexibility index (Phi) is 9.97. The molecule has 1 saturated heterocycles. The fourth-order valence-corrected chi connectivity index (χ4v) is 4.89. The number of amides is 1. The summed E-state index contributed by atoms with van der Waals surface area (Å²) in [7, 11) is 2.85. The lowest BCUT2D eigenvalue weighted by Gasteiger charge is -2.35. The molecule has 0 bridgehead atoms. The van der Waals surface area contributed by atoms with Crippen LogP contribution in [0.3, 0.4) is 0 Å². The molecule has 2 aliphatic rings. The van der Waals surface area contributed by atoms with Crippen molar-refractivity contribution >= 4 is 30.3 Å². The van der Waals surface area contributed by atoms with Gasteiger partial charge in [0.25, 0.3) is 5.91 Å². The van der Waals surface area contributed by atoms with Crippen LogP contribution < -0.4 is 10.6 Å². The lowest BCUT2D eigenvalue weighted by atomic mass is 9.73. The minimum absolute atomic E-state index is 0. The van der Waals surface area contributed by atoms with Crippen molar-refractivity contribution in [2.75, 3.05) is 27.3 Å². The quantitative estimate of drug-likeness (QED) is 0.599. The van der Waals surface area contributed by atoms with Crippen molar-refractivity contribution in [3.63, 3.8) is 0 Å². The summed E-state index contributed by atoms with van der Waals surface area (Å²) in [5.41, 5.74) is 0.867. The number of ether oxygens (including phenoxy) is 2. The molecule has 2 N–H and O–H groups in total. The van der Waals surface area contributed by atoms with Crippen LogP contribution in [0.2, 0.25) is 0 Å². The third kappa shape index (κ3) is 6.23. The van der Waals surface area contributed by atoms with E-state index in [9.17, 15) is 14.4 Å². The summed E-state index contributed by atoms with van der Waals surface area (Å²) < 4.78 is 9.81. The molecule has 1 saturated carbocycles. The highest BCUT2D eigenvalue weighted by molar-refractivity contribution is 5.94. The fraction of sp³-hybridized carbons (Fsp3) is 0.625. The van der Waals surface area contributed by atoms with Crippen LogP contribution in [0.15, 0.2) is 24.3 Å². The van der Waals surface area contributed by atoms with E-state index < -0.39 is 5.41 Å². The third-order valence-electron chi connectivity index (χ3n) is 6.90. The number of hydrogen-bond donors (Lipinski definition) is 2. The average Bonchev–Trinajstić information content (AvgIpc) is 2.83. The number of hydrogen-bond acceptors (Lipinski definition) is 6. The van der Waals surface area contributed by atoms with Gasteiger partial charge >= 0.3 is 11.9 Å². The Balaban J connectivity index is 0.00000363. The highest BCUT2D eigenvalue weighted by Gasteiger charge is 2.42. The molecule has 1 aromatic carbocycles. The van der Waals surface area contributed by atoms with Crippen molar-refractivity contribution in [3.05, 3.63) is 35.4 Å². The first-order valence-electron chi connectivity index (χ1n) is 11.3. The highest BCUT2D eigenvalue weighted by Crippen LogP contribution is 2.35. The van der Waals surface area contributed by atoms with Crippen molar-refractivity contribution < 1.29 is 23.9 Å². The summed E-state index contributed by atoms with van der Waals surface area (Å²) in [6.07, 6.45) is 6.56. The van der Waals surface area contributed by atoms with Crippen molar-refractivity contribution in [1.82, 2.24) is 10.6 Å². The van der Waals surface area contributed by atoms with Crippen LogP contribution in [-0.4, -0.2) is 51.2 Å². The summed E-state index contributed by atoms with van der Waals surface area (Å²) >= 11 is 0. The number of rotatable bonds is 7. The monoisotopic (exact) mass is 466 g/mol. The predicted octanol–water partition coefficient (Wildman–Crippen LogP) is 3.14. The zero-order valence-electron chi connectivity index (χ0n) is 19.0. The Morgan fingerprint density at radius 1 is 1.00 bits per heavy atom. The third-order valence-corrected chi connectivity index (χ3v) is 6.90. The zero-order valence-corrected chi connectivity index (χ0v) is 19.8. The van der Waals surface area contributed by atoms with E-state index in [1.54, 1.807) is 12.1 Å². The largest absolute Gasteiger partial charge is 0.469 e. The van der Waals surface area contributed by atoms with Gasteiger partial charge in [-0.05, 0) is 81.6 Å². The minimum atomic E-state index is -0.641. The molecule has 2 fully saturated rings. The second-order valence-corrected chi connectivity index (χ2v) is 8.71. The van der Waals surface area contributed by atoms with Gasteiger partial charge in [-0.2, -0.15) is 0 Å². The van der Waals surface area contributed by atoms with Gasteiger partial charge in [0.05, 0.1) is 19.6 Å². The molecule has 1 heterocycles. The molecule has 8 heteroatoms. The van der Waals surface area contributed by atoms with Crippen LogP contribution in [0.25, 0.3) is 0 Å². The van der Waals surface area contributed by atoms with Crippen LogP contribution in [0.5, 0.6) is 0 Å². The van der Waals surface area contributed by atoms with E-state index in [0.29, 0.717) is 30.7 Å². The average molecular weight is 467 g/mol. The molecular weight excluding hydrogens is 432 g/mol. The Morgan fingerprint density at radius 2 is 1.62 bits per heavy atom. The van der Waals surface area contributed by atoms with E-state index in [1.165, 1.54) is 14.2 Å². The summed E-state index contributed by atoms with van der Waals surface area (Å²) in [6, 6.07) is 7.55. The Bertz CT molecular complexity index is 769. The minimum Gasteiger partial charge on any atom is -0.469 e. The highest BCUT2D eigenvalue weighted by atomic mass is 35.5. The van der Waals surface area contributed by atoms with Gasteiger partial charge in [-0.1, -0.05) is 12.1 Å². The Hall–Kier alpha value is -2.12. The molecule has 1 aliphatic carbocycles. The first kappa shape index (κ1) is 26.1. The second kappa shape index (κ2) is 12.2.